The summed E-state index contributed by atoms with van der Waals surface area (Å²) < 4.78 is 56.5. The monoisotopic (exact) mass is 587 g/mol. The van der Waals surface area contributed by atoms with Crippen LogP contribution in [0, 0.1) is 16.6 Å². The topological polar surface area (TPSA) is 124 Å². The Morgan fingerprint density at radius 2 is 2.00 bits per heavy atom. The molecule has 2 aromatic heterocycles. The predicted octanol–water partition coefficient (Wildman–Crippen LogP) is 5.03. The van der Waals surface area contributed by atoms with Crippen LogP contribution in [-0.4, -0.2) is 54.6 Å². The molecule has 3 heterocycles. The number of piperidine rings is 1. The molecule has 2 aliphatic rings. The molecule has 1 atom stereocenters. The van der Waals surface area contributed by atoms with Crippen molar-refractivity contribution in [1.29, 1.82) is 5.41 Å². The second-order valence-electron chi connectivity index (χ2n) is 9.80. The lowest BCUT2D eigenvalue weighted by Crippen LogP contribution is -2.54. The van der Waals surface area contributed by atoms with Crippen molar-refractivity contribution in [2.75, 3.05) is 13.1 Å². The largest absolute Gasteiger partial charge is 0.416 e. The van der Waals surface area contributed by atoms with Crippen LogP contribution >= 0.6 is 11.9 Å². The third kappa shape index (κ3) is 5.43. The summed E-state index contributed by atoms with van der Waals surface area (Å²) in [6, 6.07) is 7.29. The van der Waals surface area contributed by atoms with Gasteiger partial charge in [0.15, 0.2) is 5.78 Å². The summed E-state index contributed by atoms with van der Waals surface area (Å²) >= 11 is 0.783. The van der Waals surface area contributed by atoms with Crippen LogP contribution in [0.3, 0.4) is 0 Å². The molecule has 9 nitrogen and oxygen atoms in total. The number of aromatic nitrogens is 3. The Balaban J connectivity index is 1.58. The van der Waals surface area contributed by atoms with Crippen molar-refractivity contribution in [3.63, 3.8) is 0 Å². The lowest BCUT2D eigenvalue weighted by molar-refractivity contribution is -0.171. The Kier molecular flexibility index (Phi) is 7.59. The fourth-order valence-electron chi connectivity index (χ4n) is 5.10. The van der Waals surface area contributed by atoms with E-state index in [-0.39, 0.29) is 36.5 Å². The number of rotatable bonds is 7. The molecule has 0 radical (unpaired) electrons. The van der Waals surface area contributed by atoms with Crippen LogP contribution in [0.15, 0.2) is 65.0 Å². The van der Waals surface area contributed by atoms with Gasteiger partial charge in [-0.25, -0.2) is 14.1 Å². The van der Waals surface area contributed by atoms with Crippen molar-refractivity contribution in [2.45, 2.75) is 25.9 Å². The zero-order valence-electron chi connectivity index (χ0n) is 21.7. The zero-order valence-corrected chi connectivity index (χ0v) is 22.5. The first-order valence-corrected chi connectivity index (χ1v) is 13.2. The second kappa shape index (κ2) is 10.9. The first kappa shape index (κ1) is 28.7. The molecule has 3 aromatic rings. The molecule has 1 aromatic carbocycles. The van der Waals surface area contributed by atoms with Gasteiger partial charge in [0.25, 0.3) is 0 Å². The van der Waals surface area contributed by atoms with Gasteiger partial charge >= 0.3 is 6.18 Å². The molecule has 1 fully saturated rings. The van der Waals surface area contributed by atoms with E-state index in [1.807, 2.05) is 0 Å². The van der Waals surface area contributed by atoms with Crippen molar-refractivity contribution in [3.8, 4) is 5.69 Å². The summed E-state index contributed by atoms with van der Waals surface area (Å²) in [5.74, 6) is -1.04. The van der Waals surface area contributed by atoms with Gasteiger partial charge in [0, 0.05) is 43.1 Å². The molecule has 1 unspecified atom stereocenters. The molecule has 0 spiro atoms. The number of pyridine rings is 1. The Labute approximate surface area is 236 Å². The normalized spacial score (nSPS) is 19.7. The van der Waals surface area contributed by atoms with Crippen molar-refractivity contribution < 1.29 is 27.6 Å². The number of ketones is 1. The van der Waals surface area contributed by atoms with Gasteiger partial charge in [-0.05, 0) is 67.8 Å². The average Bonchev–Trinajstić information content (AvgIpc) is 3.35. The van der Waals surface area contributed by atoms with Gasteiger partial charge in [0.1, 0.15) is 11.5 Å². The molecule has 14 heteroatoms. The molecule has 0 saturated carbocycles. The number of allylic oxidation sites excluding steroid dienone is 2. The third-order valence-corrected chi connectivity index (χ3v) is 8.19. The van der Waals surface area contributed by atoms with Crippen LogP contribution in [-0.2, 0) is 12.6 Å². The fraction of sp³-hybridized carbons (Fsp3) is 0.259. The minimum absolute atomic E-state index is 0.0737. The van der Waals surface area contributed by atoms with Crippen LogP contribution < -0.4 is 5.73 Å². The van der Waals surface area contributed by atoms with Gasteiger partial charge in [0.2, 0.25) is 0 Å². The summed E-state index contributed by atoms with van der Waals surface area (Å²) in [6.45, 7) is 1.74. The van der Waals surface area contributed by atoms with Crippen LogP contribution in [0.4, 0.5) is 17.6 Å². The van der Waals surface area contributed by atoms with Crippen molar-refractivity contribution in [2.24, 2.45) is 11.1 Å². The summed E-state index contributed by atoms with van der Waals surface area (Å²) in [5, 5.41) is 24.4. The van der Waals surface area contributed by atoms with E-state index in [1.165, 1.54) is 17.1 Å². The zero-order chi connectivity index (χ0) is 29.5. The molecule has 5 rings (SSSR count). The van der Waals surface area contributed by atoms with Gasteiger partial charge < -0.3 is 11.1 Å². The van der Waals surface area contributed by atoms with E-state index >= 15 is 0 Å². The second-order valence-corrected chi connectivity index (χ2v) is 10.8. The summed E-state index contributed by atoms with van der Waals surface area (Å²) in [6.07, 6.45) is 0.987. The number of benzene rings is 1. The lowest BCUT2D eigenvalue weighted by Gasteiger charge is -2.46. The summed E-state index contributed by atoms with van der Waals surface area (Å²) in [7, 11) is 0. The predicted molar refractivity (Wildman–Crippen MR) is 144 cm³/mol. The minimum Gasteiger partial charge on any atom is -0.401 e. The molecule has 214 valence electrons. The number of hydrogen-bond acceptors (Lipinski definition) is 9. The lowest BCUT2D eigenvalue weighted by atomic mass is 9.65. The van der Waals surface area contributed by atoms with Crippen LogP contribution in [0.25, 0.3) is 11.8 Å². The van der Waals surface area contributed by atoms with Crippen LogP contribution in [0.1, 0.15) is 40.7 Å². The van der Waals surface area contributed by atoms with E-state index in [1.54, 1.807) is 36.0 Å². The van der Waals surface area contributed by atoms with Gasteiger partial charge in [-0.15, -0.1) is 0 Å². The number of hydrazine groups is 1. The molecule has 1 aliphatic carbocycles. The number of halogens is 4. The Bertz CT molecular complexity index is 1560. The van der Waals surface area contributed by atoms with E-state index in [4.69, 9.17) is 11.1 Å². The first-order valence-electron chi connectivity index (χ1n) is 12.4. The van der Waals surface area contributed by atoms with E-state index in [0.29, 0.717) is 28.2 Å². The van der Waals surface area contributed by atoms with Gasteiger partial charge in [-0.2, -0.15) is 18.3 Å². The molecular weight excluding hydrogens is 562 g/mol. The maximum Gasteiger partial charge on any atom is 0.416 e. The number of carbonyl (C=O) groups is 1. The van der Waals surface area contributed by atoms with Crippen molar-refractivity contribution in [3.05, 3.63) is 93.3 Å². The molecule has 1 aliphatic heterocycles. The highest BCUT2D eigenvalue weighted by molar-refractivity contribution is 8.01. The van der Waals surface area contributed by atoms with E-state index in [2.05, 4.69) is 10.1 Å². The maximum absolute atomic E-state index is 14.2. The number of nitrogens with two attached hydrogens (primary N) is 1. The third-order valence-electron chi connectivity index (χ3n) is 7.16. The Morgan fingerprint density at radius 1 is 1.27 bits per heavy atom. The highest BCUT2D eigenvalue weighted by Crippen LogP contribution is 2.47. The molecule has 41 heavy (non-hydrogen) atoms. The van der Waals surface area contributed by atoms with Crippen molar-refractivity contribution in [1.82, 2.24) is 24.4 Å². The minimum atomic E-state index is -4.67. The fourth-order valence-corrected chi connectivity index (χ4v) is 5.73. The number of carbonyl (C=O) groups excluding carboxylic acids is 1. The van der Waals surface area contributed by atoms with Gasteiger partial charge in [0.05, 0.1) is 33.5 Å². The van der Waals surface area contributed by atoms with Crippen LogP contribution in [0.2, 0.25) is 0 Å². The molecule has 1 saturated heterocycles. The average molecular weight is 588 g/mol. The summed E-state index contributed by atoms with van der Waals surface area (Å²) in [4.78, 5) is 18.5. The molecule has 4 N–H and O–H groups in total. The number of nitrogens with one attached hydrogen (secondary N) is 1. The number of alkyl halides is 3. The first-order chi connectivity index (χ1) is 19.4. The van der Waals surface area contributed by atoms with E-state index < -0.39 is 28.8 Å². The highest BCUT2D eigenvalue weighted by Gasteiger charge is 2.50. The number of hydrogen-bond donors (Lipinski definition) is 3. The molecule has 0 amide bonds. The maximum atomic E-state index is 14.2. The highest BCUT2D eigenvalue weighted by atomic mass is 32.2. The van der Waals surface area contributed by atoms with Gasteiger partial charge in [-0.3, -0.25) is 15.0 Å². The van der Waals surface area contributed by atoms with Crippen molar-refractivity contribution >= 4 is 30.0 Å². The SMILES string of the molecule is C/C(N)=C(/C=N)SN(O)N1CCC2=Cc3c(cnn3-c3ccc(F)cc3)CC2(C(=O)c2cc(C(F)(F)F)ccn2)C1. The summed E-state index contributed by atoms with van der Waals surface area (Å²) in [5.41, 5.74) is 5.94. The smallest absolute Gasteiger partial charge is 0.401 e. The Morgan fingerprint density at radius 3 is 2.66 bits per heavy atom. The van der Waals surface area contributed by atoms with E-state index in [9.17, 15) is 27.6 Å². The van der Waals surface area contributed by atoms with Crippen LogP contribution in [0.5, 0.6) is 0 Å². The quantitative estimate of drug-likeness (QED) is 0.116. The standard InChI is InChI=1S/C27H25F4N7O2S/c1-16(33)24(13-32)41-38(40)36-9-7-18-11-23-17(14-35-37(23)21-4-2-20(28)3-5-21)12-26(18,15-36)25(39)22-10-19(6-8-34-22)27(29,30)31/h2-6,8,10-11,13-14,32,40H,7,9,12,15,33H2,1H3/b24-16+,32-13?. The number of nitrogens with zero attached hydrogens (tertiary/aromatic N) is 5. The number of Topliss-reactive ketones (excluding diaryl/α,β-unsaturated/α-hetero) is 1. The number of fused-ring (bicyclic) bond motifs is 2. The van der Waals surface area contributed by atoms with E-state index in [0.717, 1.165) is 41.1 Å². The molecule has 0 bridgehead atoms. The molecular formula is C27H25F4N7O2S. The Hall–Kier alpha value is -3.85. The van der Waals surface area contributed by atoms with Gasteiger partial charge in [-0.1, -0.05) is 10.2 Å².